The second kappa shape index (κ2) is 11.2. The number of amides is 2. The molecule has 0 spiro atoms. The molecule has 0 bridgehead atoms. The largest absolute Gasteiger partial charge is 0.493 e. The fourth-order valence-electron chi connectivity index (χ4n) is 2.62. The van der Waals surface area contributed by atoms with E-state index in [4.69, 9.17) is 9.47 Å². The first-order chi connectivity index (χ1) is 14.8. The summed E-state index contributed by atoms with van der Waals surface area (Å²) in [5.74, 6) is -0.245. The molecule has 0 aromatic heterocycles. The molecule has 0 fully saturated rings. The van der Waals surface area contributed by atoms with Gasteiger partial charge in [0.05, 0.1) is 19.5 Å². The van der Waals surface area contributed by atoms with Gasteiger partial charge in [0.25, 0.3) is 11.8 Å². The van der Waals surface area contributed by atoms with Crippen LogP contribution in [0.15, 0.2) is 42.5 Å². The summed E-state index contributed by atoms with van der Waals surface area (Å²) < 4.78 is 37.0. The Bertz CT molecular complexity index is 1020. The minimum Gasteiger partial charge on any atom is -0.493 e. The zero-order chi connectivity index (χ0) is 22.9. The molecular formula is C21H27N3O6S. The van der Waals surface area contributed by atoms with Gasteiger partial charge in [-0.15, -0.1) is 0 Å². The van der Waals surface area contributed by atoms with Gasteiger partial charge in [-0.2, -0.15) is 0 Å². The summed E-state index contributed by atoms with van der Waals surface area (Å²) in [5.41, 5.74) is 5.34. The number of rotatable bonds is 10. The zero-order valence-corrected chi connectivity index (χ0v) is 18.5. The number of carbonyl (C=O) groups excluding carboxylic acids is 2. The molecule has 2 aromatic rings. The number of carbonyl (C=O) groups is 2. The van der Waals surface area contributed by atoms with E-state index < -0.39 is 21.8 Å². The molecule has 0 saturated heterocycles. The van der Waals surface area contributed by atoms with E-state index in [0.29, 0.717) is 24.5 Å². The molecule has 0 radical (unpaired) electrons. The molecule has 0 saturated carbocycles. The maximum Gasteiger partial charge on any atom is 0.269 e. The standard InChI is InChI=1S/C21H27N3O6S/c1-4-11-30-18-10-9-16(14-19(18)29-3)21(26)23-22-20(25)15-7-6-8-17(13-15)24-31(27,28)12-5-2/h6-10,13-14,24H,4-5,11-12H2,1-3H3,(H,22,25)(H,23,26). The Labute approximate surface area is 182 Å². The van der Waals surface area contributed by atoms with E-state index in [9.17, 15) is 18.0 Å². The summed E-state index contributed by atoms with van der Waals surface area (Å²) in [6, 6.07) is 10.7. The van der Waals surface area contributed by atoms with E-state index in [-0.39, 0.29) is 22.6 Å². The number of hydrogen-bond donors (Lipinski definition) is 3. The van der Waals surface area contributed by atoms with Crippen molar-refractivity contribution >= 4 is 27.5 Å². The molecule has 3 N–H and O–H groups in total. The van der Waals surface area contributed by atoms with Crippen LogP contribution >= 0.6 is 0 Å². The summed E-state index contributed by atoms with van der Waals surface area (Å²) >= 11 is 0. The lowest BCUT2D eigenvalue weighted by atomic mass is 10.2. The molecular weight excluding hydrogens is 422 g/mol. The van der Waals surface area contributed by atoms with Crippen LogP contribution in [0.5, 0.6) is 11.5 Å². The summed E-state index contributed by atoms with van der Waals surface area (Å²) in [4.78, 5) is 24.8. The number of hydrazine groups is 1. The van der Waals surface area contributed by atoms with Crippen molar-refractivity contribution in [2.24, 2.45) is 0 Å². The summed E-state index contributed by atoms with van der Waals surface area (Å²) in [7, 11) is -2.01. The van der Waals surface area contributed by atoms with Crippen molar-refractivity contribution in [1.82, 2.24) is 10.9 Å². The minimum atomic E-state index is -3.48. The van der Waals surface area contributed by atoms with Gasteiger partial charge in [0.15, 0.2) is 11.5 Å². The van der Waals surface area contributed by atoms with Crippen LogP contribution in [0.25, 0.3) is 0 Å². The third kappa shape index (κ3) is 7.18. The quantitative estimate of drug-likeness (QED) is 0.479. The van der Waals surface area contributed by atoms with Crippen molar-refractivity contribution in [3.05, 3.63) is 53.6 Å². The number of nitrogens with one attached hydrogen (secondary N) is 3. The predicted octanol–water partition coefficient (Wildman–Crippen LogP) is 2.71. The fraction of sp³-hybridized carbons (Fsp3) is 0.333. The molecule has 2 rings (SSSR count). The van der Waals surface area contributed by atoms with Gasteiger partial charge in [0, 0.05) is 16.8 Å². The Kier molecular flexibility index (Phi) is 8.68. The van der Waals surface area contributed by atoms with E-state index in [1.54, 1.807) is 25.1 Å². The van der Waals surface area contributed by atoms with Gasteiger partial charge in [0.1, 0.15) is 0 Å². The first-order valence-corrected chi connectivity index (χ1v) is 11.5. The van der Waals surface area contributed by atoms with Gasteiger partial charge in [-0.05, 0) is 49.2 Å². The fourth-order valence-corrected chi connectivity index (χ4v) is 3.75. The molecule has 0 unspecified atom stereocenters. The molecule has 0 aliphatic rings. The molecule has 9 nitrogen and oxygen atoms in total. The molecule has 2 amide bonds. The van der Waals surface area contributed by atoms with E-state index in [1.165, 1.54) is 31.4 Å². The summed E-state index contributed by atoms with van der Waals surface area (Å²) in [6.45, 7) is 4.26. The monoisotopic (exact) mass is 449 g/mol. The predicted molar refractivity (Wildman–Crippen MR) is 118 cm³/mol. The van der Waals surface area contributed by atoms with E-state index in [2.05, 4.69) is 15.6 Å². The second-order valence-electron chi connectivity index (χ2n) is 6.62. The lowest BCUT2D eigenvalue weighted by Gasteiger charge is -2.12. The topological polar surface area (TPSA) is 123 Å². The molecule has 2 aromatic carbocycles. The number of anilines is 1. The SMILES string of the molecule is CCCOc1ccc(C(=O)NNC(=O)c2cccc(NS(=O)(=O)CCC)c2)cc1OC. The lowest BCUT2D eigenvalue weighted by Crippen LogP contribution is -2.41. The minimum absolute atomic E-state index is 0.0226. The van der Waals surface area contributed by atoms with Crippen LogP contribution in [-0.2, 0) is 10.0 Å². The Morgan fingerprint density at radius 3 is 2.19 bits per heavy atom. The van der Waals surface area contributed by atoms with Crippen molar-refractivity contribution in [3.8, 4) is 11.5 Å². The van der Waals surface area contributed by atoms with Gasteiger partial charge in [-0.1, -0.05) is 19.9 Å². The Morgan fingerprint density at radius 2 is 1.58 bits per heavy atom. The van der Waals surface area contributed by atoms with Crippen molar-refractivity contribution in [2.45, 2.75) is 26.7 Å². The highest BCUT2D eigenvalue weighted by Gasteiger charge is 2.14. The third-order valence-electron chi connectivity index (χ3n) is 4.05. The molecule has 0 atom stereocenters. The second-order valence-corrected chi connectivity index (χ2v) is 8.47. The highest BCUT2D eigenvalue weighted by molar-refractivity contribution is 7.92. The number of sulfonamides is 1. The number of methoxy groups -OCH3 is 1. The summed E-state index contributed by atoms with van der Waals surface area (Å²) in [5, 5.41) is 0. The molecule has 10 heteroatoms. The van der Waals surface area contributed by atoms with Crippen molar-refractivity contribution in [1.29, 1.82) is 0 Å². The first kappa shape index (κ1) is 24.0. The Balaban J connectivity index is 2.02. The average Bonchev–Trinajstić information content (AvgIpc) is 2.75. The third-order valence-corrected chi connectivity index (χ3v) is 5.54. The lowest BCUT2D eigenvalue weighted by molar-refractivity contribution is 0.0846. The van der Waals surface area contributed by atoms with Crippen LogP contribution in [0, 0.1) is 0 Å². The Morgan fingerprint density at radius 1 is 0.903 bits per heavy atom. The first-order valence-electron chi connectivity index (χ1n) is 9.81. The average molecular weight is 450 g/mol. The van der Waals surface area contributed by atoms with E-state index >= 15 is 0 Å². The zero-order valence-electron chi connectivity index (χ0n) is 17.7. The van der Waals surface area contributed by atoms with Gasteiger partial charge in [-0.25, -0.2) is 8.42 Å². The van der Waals surface area contributed by atoms with Crippen molar-refractivity contribution < 1.29 is 27.5 Å². The van der Waals surface area contributed by atoms with E-state index in [0.717, 1.165) is 6.42 Å². The highest BCUT2D eigenvalue weighted by Crippen LogP contribution is 2.28. The van der Waals surface area contributed by atoms with Gasteiger partial charge in [-0.3, -0.25) is 25.2 Å². The van der Waals surface area contributed by atoms with Crippen molar-refractivity contribution in [2.75, 3.05) is 24.2 Å². The maximum atomic E-state index is 12.4. The van der Waals surface area contributed by atoms with Gasteiger partial charge in [0.2, 0.25) is 10.0 Å². The number of ether oxygens (including phenoxy) is 2. The van der Waals surface area contributed by atoms with E-state index in [1.807, 2.05) is 6.92 Å². The summed E-state index contributed by atoms with van der Waals surface area (Å²) in [6.07, 6.45) is 1.30. The molecule has 0 aliphatic carbocycles. The highest BCUT2D eigenvalue weighted by atomic mass is 32.2. The van der Waals surface area contributed by atoms with Gasteiger partial charge >= 0.3 is 0 Å². The Hall–Kier alpha value is -3.27. The molecule has 0 heterocycles. The van der Waals surface area contributed by atoms with Crippen LogP contribution in [0.4, 0.5) is 5.69 Å². The van der Waals surface area contributed by atoms with Crippen LogP contribution in [0.3, 0.4) is 0 Å². The maximum absolute atomic E-state index is 12.4. The van der Waals surface area contributed by atoms with Crippen molar-refractivity contribution in [3.63, 3.8) is 0 Å². The molecule has 0 aliphatic heterocycles. The molecule has 31 heavy (non-hydrogen) atoms. The van der Waals surface area contributed by atoms with Crippen LogP contribution in [-0.4, -0.2) is 39.7 Å². The smallest absolute Gasteiger partial charge is 0.269 e. The van der Waals surface area contributed by atoms with Crippen LogP contribution in [0.2, 0.25) is 0 Å². The van der Waals surface area contributed by atoms with Crippen LogP contribution < -0.4 is 25.0 Å². The number of benzene rings is 2. The van der Waals surface area contributed by atoms with Crippen LogP contribution in [0.1, 0.15) is 47.4 Å². The molecule has 168 valence electrons. The number of hydrogen-bond acceptors (Lipinski definition) is 6. The van der Waals surface area contributed by atoms with Gasteiger partial charge < -0.3 is 9.47 Å². The normalized spacial score (nSPS) is 10.8.